The number of aliphatic hydroxyl groups excluding tert-OH is 1. The van der Waals surface area contributed by atoms with Crippen molar-refractivity contribution in [3.05, 3.63) is 59.2 Å². The molecule has 0 aliphatic carbocycles. The van der Waals surface area contributed by atoms with Crippen molar-refractivity contribution in [3.8, 4) is 11.5 Å². The molecule has 0 spiro atoms. The second-order valence-electron chi connectivity index (χ2n) is 6.13. The molecule has 4 nitrogen and oxygen atoms in total. The summed E-state index contributed by atoms with van der Waals surface area (Å²) in [5.74, 6) is 1.77. The molecule has 0 fully saturated rings. The van der Waals surface area contributed by atoms with Gasteiger partial charge in [0.25, 0.3) is 0 Å². The highest BCUT2D eigenvalue weighted by atomic mass is 16.5. The lowest BCUT2D eigenvalue weighted by molar-refractivity contribution is 0.169. The standard InChI is InChI=1S/C20H25NO3/c1-3-18(14-7-8-20-16(11-14)9-10-24-20)21-13-19(22)15-5-4-6-17(12-15)23-2/h4-8,11-12,18-19,21-22H,3,9-10,13H2,1-2H3. The fourth-order valence-corrected chi connectivity index (χ4v) is 3.14. The number of ether oxygens (including phenoxy) is 2. The summed E-state index contributed by atoms with van der Waals surface area (Å²) in [6.07, 6.45) is 1.38. The van der Waals surface area contributed by atoms with Crippen molar-refractivity contribution in [2.24, 2.45) is 0 Å². The molecule has 3 rings (SSSR count). The lowest BCUT2D eigenvalue weighted by Gasteiger charge is -2.21. The molecule has 1 aliphatic heterocycles. The average Bonchev–Trinajstić information content (AvgIpc) is 3.10. The number of hydrogen-bond acceptors (Lipinski definition) is 4. The Hall–Kier alpha value is -2.04. The minimum absolute atomic E-state index is 0.219. The molecule has 0 saturated carbocycles. The van der Waals surface area contributed by atoms with Gasteiger partial charge >= 0.3 is 0 Å². The Balaban J connectivity index is 1.65. The lowest BCUT2D eigenvalue weighted by atomic mass is 10.00. The molecule has 0 radical (unpaired) electrons. The molecule has 128 valence electrons. The van der Waals surface area contributed by atoms with Gasteiger partial charge in [0.05, 0.1) is 19.8 Å². The average molecular weight is 327 g/mol. The van der Waals surface area contributed by atoms with Gasteiger partial charge in [-0.25, -0.2) is 0 Å². The van der Waals surface area contributed by atoms with E-state index in [1.807, 2.05) is 24.3 Å². The molecule has 2 aromatic carbocycles. The molecule has 0 amide bonds. The van der Waals surface area contributed by atoms with Crippen LogP contribution in [0.5, 0.6) is 11.5 Å². The van der Waals surface area contributed by atoms with Gasteiger partial charge in [0.2, 0.25) is 0 Å². The highest BCUT2D eigenvalue weighted by Crippen LogP contribution is 2.29. The summed E-state index contributed by atoms with van der Waals surface area (Å²) in [6, 6.07) is 14.2. The summed E-state index contributed by atoms with van der Waals surface area (Å²) in [5.41, 5.74) is 3.39. The van der Waals surface area contributed by atoms with Gasteiger partial charge in [-0.1, -0.05) is 31.2 Å². The third-order valence-electron chi connectivity index (χ3n) is 4.56. The van der Waals surface area contributed by atoms with Gasteiger partial charge in [0, 0.05) is 19.0 Å². The Morgan fingerprint density at radius 3 is 2.88 bits per heavy atom. The van der Waals surface area contributed by atoms with Gasteiger partial charge in [-0.05, 0) is 41.3 Å². The van der Waals surface area contributed by atoms with Crippen LogP contribution in [0.15, 0.2) is 42.5 Å². The van der Waals surface area contributed by atoms with E-state index in [-0.39, 0.29) is 6.04 Å². The second-order valence-corrected chi connectivity index (χ2v) is 6.13. The highest BCUT2D eigenvalue weighted by molar-refractivity contribution is 5.40. The predicted octanol–water partition coefficient (Wildman–Crippen LogP) is 3.40. The third kappa shape index (κ3) is 3.71. The number of methoxy groups -OCH3 is 1. The molecule has 4 heteroatoms. The number of rotatable bonds is 7. The molecule has 2 aromatic rings. The Bertz CT molecular complexity index is 686. The minimum atomic E-state index is -0.563. The van der Waals surface area contributed by atoms with Crippen molar-refractivity contribution in [1.82, 2.24) is 5.32 Å². The van der Waals surface area contributed by atoms with Crippen LogP contribution in [0.4, 0.5) is 0 Å². The van der Waals surface area contributed by atoms with E-state index in [1.54, 1.807) is 7.11 Å². The first-order valence-corrected chi connectivity index (χ1v) is 8.52. The number of aliphatic hydroxyl groups is 1. The van der Waals surface area contributed by atoms with Gasteiger partial charge in [0.15, 0.2) is 0 Å². The van der Waals surface area contributed by atoms with Crippen molar-refractivity contribution in [2.75, 3.05) is 20.3 Å². The Kier molecular flexibility index (Phi) is 5.38. The van der Waals surface area contributed by atoms with Crippen LogP contribution in [-0.4, -0.2) is 25.4 Å². The molecule has 2 unspecified atom stereocenters. The summed E-state index contributed by atoms with van der Waals surface area (Å²) in [5, 5.41) is 13.9. The summed E-state index contributed by atoms with van der Waals surface area (Å²) in [7, 11) is 1.63. The van der Waals surface area contributed by atoms with E-state index in [1.165, 1.54) is 11.1 Å². The second kappa shape index (κ2) is 7.69. The van der Waals surface area contributed by atoms with Gasteiger partial charge in [-0.2, -0.15) is 0 Å². The molecule has 0 bridgehead atoms. The summed E-state index contributed by atoms with van der Waals surface area (Å²) < 4.78 is 10.8. The maximum absolute atomic E-state index is 10.4. The van der Waals surface area contributed by atoms with Crippen LogP contribution < -0.4 is 14.8 Å². The molecule has 2 N–H and O–H groups in total. The molecule has 0 aromatic heterocycles. The first-order chi connectivity index (χ1) is 11.7. The summed E-state index contributed by atoms with van der Waals surface area (Å²) in [4.78, 5) is 0. The topological polar surface area (TPSA) is 50.7 Å². The number of nitrogens with one attached hydrogen (secondary N) is 1. The maximum Gasteiger partial charge on any atom is 0.122 e. The quantitative estimate of drug-likeness (QED) is 0.818. The lowest BCUT2D eigenvalue weighted by Crippen LogP contribution is -2.26. The van der Waals surface area contributed by atoms with Crippen molar-refractivity contribution in [2.45, 2.75) is 31.9 Å². The molecule has 24 heavy (non-hydrogen) atoms. The van der Waals surface area contributed by atoms with Gasteiger partial charge in [-0.15, -0.1) is 0 Å². The van der Waals surface area contributed by atoms with Crippen LogP contribution >= 0.6 is 0 Å². The van der Waals surface area contributed by atoms with Crippen molar-refractivity contribution in [1.29, 1.82) is 0 Å². The highest BCUT2D eigenvalue weighted by Gasteiger charge is 2.17. The SMILES string of the molecule is CCC(NCC(O)c1cccc(OC)c1)c1ccc2c(c1)CCO2. The van der Waals surface area contributed by atoms with Crippen LogP contribution in [0.3, 0.4) is 0 Å². The monoisotopic (exact) mass is 327 g/mol. The molecule has 2 atom stereocenters. The van der Waals surface area contributed by atoms with Crippen LogP contribution in [0.2, 0.25) is 0 Å². The third-order valence-corrected chi connectivity index (χ3v) is 4.56. The fourth-order valence-electron chi connectivity index (χ4n) is 3.14. The normalized spacial score (nSPS) is 15.5. The largest absolute Gasteiger partial charge is 0.497 e. The van der Waals surface area contributed by atoms with E-state index in [0.717, 1.165) is 36.5 Å². The van der Waals surface area contributed by atoms with Gasteiger partial charge in [0.1, 0.15) is 11.5 Å². The van der Waals surface area contributed by atoms with E-state index in [2.05, 4.69) is 30.4 Å². The van der Waals surface area contributed by atoms with Crippen LogP contribution in [0.25, 0.3) is 0 Å². The van der Waals surface area contributed by atoms with Crippen molar-refractivity contribution < 1.29 is 14.6 Å². The van der Waals surface area contributed by atoms with E-state index >= 15 is 0 Å². The smallest absolute Gasteiger partial charge is 0.122 e. The van der Waals surface area contributed by atoms with E-state index in [0.29, 0.717) is 6.54 Å². The van der Waals surface area contributed by atoms with E-state index in [9.17, 15) is 5.11 Å². The Labute approximate surface area is 143 Å². The maximum atomic E-state index is 10.4. The molecular formula is C20H25NO3. The molecular weight excluding hydrogens is 302 g/mol. The number of hydrogen-bond donors (Lipinski definition) is 2. The zero-order chi connectivity index (χ0) is 16.9. The van der Waals surface area contributed by atoms with Crippen LogP contribution in [0, 0.1) is 0 Å². The first-order valence-electron chi connectivity index (χ1n) is 8.52. The molecule has 1 heterocycles. The molecule has 1 aliphatic rings. The molecule has 0 saturated heterocycles. The predicted molar refractivity (Wildman–Crippen MR) is 94.6 cm³/mol. The summed E-state index contributed by atoms with van der Waals surface area (Å²) in [6.45, 7) is 3.43. The number of benzene rings is 2. The van der Waals surface area contributed by atoms with Crippen molar-refractivity contribution in [3.63, 3.8) is 0 Å². The Morgan fingerprint density at radius 2 is 2.08 bits per heavy atom. The first kappa shape index (κ1) is 16.8. The van der Waals surface area contributed by atoms with E-state index in [4.69, 9.17) is 9.47 Å². The van der Waals surface area contributed by atoms with Gasteiger partial charge < -0.3 is 19.9 Å². The minimum Gasteiger partial charge on any atom is -0.497 e. The Morgan fingerprint density at radius 1 is 1.21 bits per heavy atom. The van der Waals surface area contributed by atoms with Gasteiger partial charge in [-0.3, -0.25) is 0 Å². The van der Waals surface area contributed by atoms with E-state index < -0.39 is 6.10 Å². The zero-order valence-electron chi connectivity index (χ0n) is 14.3. The van der Waals surface area contributed by atoms with Crippen LogP contribution in [-0.2, 0) is 6.42 Å². The zero-order valence-corrected chi connectivity index (χ0v) is 14.3. The van der Waals surface area contributed by atoms with Crippen molar-refractivity contribution >= 4 is 0 Å². The fraction of sp³-hybridized carbons (Fsp3) is 0.400. The van der Waals surface area contributed by atoms with Crippen LogP contribution in [0.1, 0.15) is 42.2 Å². The summed E-state index contributed by atoms with van der Waals surface area (Å²) >= 11 is 0. The number of fused-ring (bicyclic) bond motifs is 1.